The first-order valence-electron chi connectivity index (χ1n) is 10.6. The van der Waals surface area contributed by atoms with E-state index < -0.39 is 28.1 Å². The molecular weight excluding hydrogens is 513 g/mol. The van der Waals surface area contributed by atoms with E-state index in [0.29, 0.717) is 12.2 Å². The molecule has 3 rings (SSSR count). The lowest BCUT2D eigenvalue weighted by molar-refractivity contribution is -0.192. The molecule has 0 aliphatic carbocycles. The van der Waals surface area contributed by atoms with Crippen LogP contribution in [0.3, 0.4) is 0 Å². The molecule has 0 saturated carbocycles. The van der Waals surface area contributed by atoms with Crippen LogP contribution in [-0.2, 0) is 21.4 Å². The van der Waals surface area contributed by atoms with Gasteiger partial charge in [0.2, 0.25) is 0 Å². The van der Waals surface area contributed by atoms with Gasteiger partial charge in [-0.15, -0.1) is 0 Å². The molecule has 0 aliphatic rings. The Balaban J connectivity index is 0.000000604. The smallest absolute Gasteiger partial charge is 0.478 e. The van der Waals surface area contributed by atoms with E-state index >= 15 is 0 Å². The van der Waals surface area contributed by atoms with E-state index in [2.05, 4.69) is 4.72 Å². The Morgan fingerprint density at radius 3 is 2.03 bits per heavy atom. The number of nitrogens with zero attached hydrogens (tertiary/aromatic N) is 1. The Morgan fingerprint density at radius 2 is 1.51 bits per heavy atom. The number of rotatable bonds is 7. The van der Waals surface area contributed by atoms with Crippen molar-refractivity contribution in [2.24, 2.45) is 0 Å². The molecule has 3 aromatic rings. The summed E-state index contributed by atoms with van der Waals surface area (Å²) in [6.07, 6.45) is -5.08. The third-order valence-electron chi connectivity index (χ3n) is 5.18. The number of hydrogen-bond donors (Lipinski definition) is 3. The van der Waals surface area contributed by atoms with E-state index in [0.717, 1.165) is 16.7 Å². The van der Waals surface area contributed by atoms with E-state index in [9.17, 15) is 31.5 Å². The number of nitrogens with one attached hydrogen (secondary N) is 1. The van der Waals surface area contributed by atoms with Crippen molar-refractivity contribution in [3.8, 4) is 0 Å². The van der Waals surface area contributed by atoms with Crippen molar-refractivity contribution in [3.05, 3.63) is 89.0 Å². The minimum atomic E-state index is -5.08. The second-order valence-electron chi connectivity index (χ2n) is 8.03. The summed E-state index contributed by atoms with van der Waals surface area (Å²) >= 11 is 0. The van der Waals surface area contributed by atoms with Crippen LogP contribution in [0.5, 0.6) is 0 Å². The maximum Gasteiger partial charge on any atom is 0.490 e. The first-order valence-corrected chi connectivity index (χ1v) is 12.1. The van der Waals surface area contributed by atoms with Gasteiger partial charge in [-0.3, -0.25) is 4.72 Å². The fourth-order valence-electron chi connectivity index (χ4n) is 3.14. The van der Waals surface area contributed by atoms with Gasteiger partial charge >= 0.3 is 18.1 Å². The lowest BCUT2D eigenvalue weighted by Gasteiger charge is -2.22. The van der Waals surface area contributed by atoms with Gasteiger partial charge < -0.3 is 15.1 Å². The molecule has 0 amide bonds. The predicted molar refractivity (Wildman–Crippen MR) is 132 cm³/mol. The number of sulfonamides is 1. The van der Waals surface area contributed by atoms with E-state index in [1.807, 2.05) is 49.1 Å². The van der Waals surface area contributed by atoms with E-state index in [4.69, 9.17) is 9.90 Å². The van der Waals surface area contributed by atoms with Gasteiger partial charge in [0.1, 0.15) is 0 Å². The number of aromatic carboxylic acids is 1. The van der Waals surface area contributed by atoms with Crippen LogP contribution in [0, 0.1) is 13.8 Å². The average molecular weight is 539 g/mol. The Kier molecular flexibility index (Phi) is 9.29. The van der Waals surface area contributed by atoms with Gasteiger partial charge in [0, 0.05) is 19.3 Å². The SMILES string of the molecule is Cc1ccc(S(=O)(=O)Nc2ccc(N(C)Cc3ccccc3)c(C(=O)O)c2)cc1C.O=C(O)C(F)(F)F. The molecule has 0 atom stereocenters. The highest BCUT2D eigenvalue weighted by atomic mass is 32.2. The number of halogens is 3. The van der Waals surface area contributed by atoms with Gasteiger partial charge in [0.15, 0.2) is 0 Å². The molecule has 0 fully saturated rings. The Morgan fingerprint density at radius 1 is 0.919 bits per heavy atom. The van der Waals surface area contributed by atoms with Gasteiger partial charge in [-0.1, -0.05) is 36.4 Å². The molecule has 0 radical (unpaired) electrons. The molecule has 37 heavy (non-hydrogen) atoms. The number of carboxylic acid groups (broad SMARTS) is 2. The molecule has 8 nitrogen and oxygen atoms in total. The number of benzene rings is 3. The zero-order valence-corrected chi connectivity index (χ0v) is 20.9. The van der Waals surface area contributed by atoms with Crippen molar-refractivity contribution in [2.75, 3.05) is 16.7 Å². The predicted octanol–water partition coefficient (Wildman–Crippen LogP) is 5.07. The largest absolute Gasteiger partial charge is 0.490 e. The van der Waals surface area contributed by atoms with E-state index in [-0.39, 0.29) is 16.1 Å². The zero-order chi connectivity index (χ0) is 28.0. The van der Waals surface area contributed by atoms with E-state index in [1.54, 1.807) is 31.3 Å². The topological polar surface area (TPSA) is 124 Å². The van der Waals surface area contributed by atoms with Crippen molar-refractivity contribution in [2.45, 2.75) is 31.5 Å². The third kappa shape index (κ3) is 8.24. The normalized spacial score (nSPS) is 11.2. The Hall–Kier alpha value is -4.06. The van der Waals surface area contributed by atoms with Crippen LogP contribution in [0.4, 0.5) is 24.5 Å². The Bertz CT molecular complexity index is 1380. The molecule has 3 N–H and O–H groups in total. The van der Waals surface area contributed by atoms with Crippen LogP contribution in [0.15, 0.2) is 71.6 Å². The quantitative estimate of drug-likeness (QED) is 0.384. The minimum absolute atomic E-state index is 0.0220. The van der Waals surface area contributed by atoms with Crippen LogP contribution >= 0.6 is 0 Å². The molecule has 0 heterocycles. The van der Waals surface area contributed by atoms with Gasteiger partial charge in [-0.05, 0) is 60.9 Å². The van der Waals surface area contributed by atoms with Crippen LogP contribution in [0.2, 0.25) is 0 Å². The van der Waals surface area contributed by atoms with Crippen LogP contribution in [-0.4, -0.2) is 43.8 Å². The number of alkyl halides is 3. The maximum absolute atomic E-state index is 12.7. The second-order valence-corrected chi connectivity index (χ2v) is 9.72. The van der Waals surface area contributed by atoms with Crippen molar-refractivity contribution in [1.82, 2.24) is 0 Å². The molecule has 198 valence electrons. The summed E-state index contributed by atoms with van der Waals surface area (Å²) < 4.78 is 59.7. The first kappa shape index (κ1) is 29.2. The van der Waals surface area contributed by atoms with Crippen LogP contribution < -0.4 is 9.62 Å². The fraction of sp³-hybridized carbons (Fsp3) is 0.200. The number of hydrogen-bond acceptors (Lipinski definition) is 5. The summed E-state index contributed by atoms with van der Waals surface area (Å²) in [6.45, 7) is 4.27. The molecule has 0 saturated heterocycles. The summed E-state index contributed by atoms with van der Waals surface area (Å²) in [4.78, 5) is 22.7. The first-order chi connectivity index (χ1) is 17.1. The number of aryl methyl sites for hydroxylation is 2. The van der Waals surface area contributed by atoms with Gasteiger partial charge in [-0.25, -0.2) is 18.0 Å². The van der Waals surface area contributed by atoms with Crippen molar-refractivity contribution >= 4 is 33.3 Å². The summed E-state index contributed by atoms with van der Waals surface area (Å²) in [5, 5.41) is 16.8. The highest BCUT2D eigenvalue weighted by molar-refractivity contribution is 7.92. The fourth-order valence-corrected chi connectivity index (χ4v) is 4.28. The summed E-state index contributed by atoms with van der Waals surface area (Å²) in [7, 11) is -2.03. The molecule has 0 unspecified atom stereocenters. The molecule has 0 bridgehead atoms. The number of aliphatic carboxylic acids is 1. The average Bonchev–Trinajstić information content (AvgIpc) is 2.80. The summed E-state index contributed by atoms with van der Waals surface area (Å²) in [5.41, 5.74) is 3.61. The lowest BCUT2D eigenvalue weighted by atomic mass is 10.1. The van der Waals surface area contributed by atoms with Crippen LogP contribution in [0.25, 0.3) is 0 Å². The minimum Gasteiger partial charge on any atom is -0.478 e. The highest BCUT2D eigenvalue weighted by Gasteiger charge is 2.38. The van der Waals surface area contributed by atoms with Crippen molar-refractivity contribution < 1.29 is 41.4 Å². The monoisotopic (exact) mass is 538 g/mol. The number of carbonyl (C=O) groups is 2. The Labute approximate surface area is 212 Å². The van der Waals surface area contributed by atoms with Crippen molar-refractivity contribution in [3.63, 3.8) is 0 Å². The van der Waals surface area contributed by atoms with Gasteiger partial charge in [-0.2, -0.15) is 13.2 Å². The summed E-state index contributed by atoms with van der Waals surface area (Å²) in [5.74, 6) is -3.88. The molecular formula is C25H25F3N2O6S. The van der Waals surface area contributed by atoms with Crippen LogP contribution in [0.1, 0.15) is 27.0 Å². The standard InChI is InChI=1S/C23H24N2O4S.C2HF3O2/c1-16-9-11-20(13-17(16)2)30(28,29)24-19-10-12-22(21(14-19)23(26)27)25(3)15-18-7-5-4-6-8-18;3-2(4,5)1(6)7/h4-14,24H,15H2,1-3H3,(H,26,27);(H,6,7). The lowest BCUT2D eigenvalue weighted by Crippen LogP contribution is -2.21. The highest BCUT2D eigenvalue weighted by Crippen LogP contribution is 2.27. The molecule has 3 aromatic carbocycles. The molecule has 0 spiro atoms. The second kappa shape index (κ2) is 11.8. The molecule has 0 aromatic heterocycles. The number of carboxylic acids is 2. The zero-order valence-electron chi connectivity index (χ0n) is 20.1. The van der Waals surface area contributed by atoms with Crippen molar-refractivity contribution in [1.29, 1.82) is 0 Å². The maximum atomic E-state index is 12.7. The summed E-state index contributed by atoms with van der Waals surface area (Å²) in [6, 6.07) is 19.1. The molecule has 12 heteroatoms. The molecule has 0 aliphatic heterocycles. The van der Waals surface area contributed by atoms with Gasteiger partial charge in [0.25, 0.3) is 10.0 Å². The van der Waals surface area contributed by atoms with E-state index in [1.165, 1.54) is 12.1 Å². The third-order valence-corrected chi connectivity index (χ3v) is 6.56. The van der Waals surface area contributed by atoms with Gasteiger partial charge in [0.05, 0.1) is 16.1 Å². The number of anilines is 2.